The van der Waals surface area contributed by atoms with Crippen LogP contribution in [0.4, 0.5) is 0 Å². The van der Waals surface area contributed by atoms with Gasteiger partial charge in [0.25, 0.3) is 0 Å². The van der Waals surface area contributed by atoms with Gasteiger partial charge in [-0.25, -0.2) is 0 Å². The third kappa shape index (κ3) is 5.43. The van der Waals surface area contributed by atoms with Crippen molar-refractivity contribution in [1.82, 2.24) is 0 Å². The molecule has 1 aromatic rings. The summed E-state index contributed by atoms with van der Waals surface area (Å²) >= 11 is 0. The van der Waals surface area contributed by atoms with Crippen LogP contribution in [0.25, 0.3) is 0 Å². The summed E-state index contributed by atoms with van der Waals surface area (Å²) in [5, 5.41) is 9.61. The van der Waals surface area contributed by atoms with Crippen LogP contribution in [0, 0.1) is 12.3 Å². The van der Waals surface area contributed by atoms with E-state index >= 15 is 0 Å². The van der Waals surface area contributed by atoms with Crippen LogP contribution in [-0.2, 0) is 0 Å². The SMILES string of the molecule is C#CCCCC(O)CCOc1ccccc1. The van der Waals surface area contributed by atoms with Crippen molar-refractivity contribution in [3.63, 3.8) is 0 Å². The van der Waals surface area contributed by atoms with Gasteiger partial charge < -0.3 is 9.84 Å². The lowest BCUT2D eigenvalue weighted by Crippen LogP contribution is -2.11. The van der Waals surface area contributed by atoms with Gasteiger partial charge in [0.2, 0.25) is 0 Å². The van der Waals surface area contributed by atoms with Crippen LogP contribution in [0.15, 0.2) is 30.3 Å². The maximum atomic E-state index is 9.61. The fraction of sp³-hybridized carbons (Fsp3) is 0.429. The third-order valence-electron chi connectivity index (χ3n) is 2.32. The second-order valence-electron chi connectivity index (χ2n) is 3.70. The molecule has 0 spiro atoms. The molecule has 16 heavy (non-hydrogen) atoms. The maximum Gasteiger partial charge on any atom is 0.119 e. The largest absolute Gasteiger partial charge is 0.493 e. The zero-order valence-corrected chi connectivity index (χ0v) is 9.43. The van der Waals surface area contributed by atoms with Crippen molar-refractivity contribution >= 4 is 0 Å². The minimum Gasteiger partial charge on any atom is -0.493 e. The molecule has 1 atom stereocenters. The molecule has 0 amide bonds. The molecule has 1 rings (SSSR count). The summed E-state index contributed by atoms with van der Waals surface area (Å²) in [4.78, 5) is 0. The average molecular weight is 218 g/mol. The minimum atomic E-state index is -0.308. The number of para-hydroxylation sites is 1. The van der Waals surface area contributed by atoms with Crippen LogP contribution < -0.4 is 4.74 Å². The van der Waals surface area contributed by atoms with Gasteiger partial charge in [-0.2, -0.15) is 0 Å². The summed E-state index contributed by atoms with van der Waals surface area (Å²) < 4.78 is 5.48. The molecule has 1 aromatic carbocycles. The molecule has 0 aliphatic heterocycles. The summed E-state index contributed by atoms with van der Waals surface area (Å²) in [6.07, 6.45) is 7.84. The molecule has 86 valence electrons. The van der Waals surface area contributed by atoms with E-state index in [1.807, 2.05) is 30.3 Å². The van der Waals surface area contributed by atoms with Crippen molar-refractivity contribution in [3.8, 4) is 18.1 Å². The Morgan fingerprint density at radius 1 is 1.25 bits per heavy atom. The maximum absolute atomic E-state index is 9.61. The lowest BCUT2D eigenvalue weighted by Gasteiger charge is -2.10. The first kappa shape index (κ1) is 12.6. The molecule has 2 nitrogen and oxygen atoms in total. The molecule has 0 bridgehead atoms. The van der Waals surface area contributed by atoms with Gasteiger partial charge in [0, 0.05) is 12.8 Å². The molecule has 0 aromatic heterocycles. The average Bonchev–Trinajstić information content (AvgIpc) is 2.31. The lowest BCUT2D eigenvalue weighted by atomic mass is 10.1. The molecular weight excluding hydrogens is 200 g/mol. The fourth-order valence-corrected chi connectivity index (χ4v) is 1.41. The van der Waals surface area contributed by atoms with Crippen LogP contribution in [0.5, 0.6) is 5.75 Å². The lowest BCUT2D eigenvalue weighted by molar-refractivity contribution is 0.129. The molecule has 0 aliphatic rings. The number of terminal acetylenes is 1. The Morgan fingerprint density at radius 2 is 2.00 bits per heavy atom. The second-order valence-corrected chi connectivity index (χ2v) is 3.70. The van der Waals surface area contributed by atoms with E-state index in [2.05, 4.69) is 5.92 Å². The summed E-state index contributed by atoms with van der Waals surface area (Å²) in [6.45, 7) is 0.543. The van der Waals surface area contributed by atoms with Gasteiger partial charge in [0.05, 0.1) is 12.7 Å². The van der Waals surface area contributed by atoms with Crippen molar-refractivity contribution in [3.05, 3.63) is 30.3 Å². The van der Waals surface area contributed by atoms with E-state index < -0.39 is 0 Å². The number of unbranched alkanes of at least 4 members (excludes halogenated alkanes) is 1. The van der Waals surface area contributed by atoms with E-state index in [0.717, 1.165) is 25.0 Å². The van der Waals surface area contributed by atoms with Gasteiger partial charge in [-0.15, -0.1) is 12.3 Å². The van der Waals surface area contributed by atoms with Gasteiger partial charge in [0.15, 0.2) is 0 Å². The number of hydrogen-bond acceptors (Lipinski definition) is 2. The Labute approximate surface area is 97.3 Å². The third-order valence-corrected chi connectivity index (χ3v) is 2.32. The van der Waals surface area contributed by atoms with Crippen LogP contribution in [0.1, 0.15) is 25.7 Å². The highest BCUT2D eigenvalue weighted by Gasteiger charge is 2.03. The van der Waals surface area contributed by atoms with Gasteiger partial charge in [0.1, 0.15) is 5.75 Å². The zero-order valence-electron chi connectivity index (χ0n) is 9.43. The Hall–Kier alpha value is -1.46. The van der Waals surface area contributed by atoms with Gasteiger partial charge >= 0.3 is 0 Å². The predicted octanol–water partition coefficient (Wildman–Crippen LogP) is 2.62. The zero-order chi connectivity index (χ0) is 11.6. The van der Waals surface area contributed by atoms with Crippen LogP contribution in [0.2, 0.25) is 0 Å². The quantitative estimate of drug-likeness (QED) is 0.563. The smallest absolute Gasteiger partial charge is 0.119 e. The highest BCUT2D eigenvalue weighted by Crippen LogP contribution is 2.10. The molecule has 2 heteroatoms. The molecule has 0 radical (unpaired) electrons. The van der Waals surface area contributed by atoms with Crippen molar-refractivity contribution in [2.45, 2.75) is 31.8 Å². The van der Waals surface area contributed by atoms with Gasteiger partial charge in [-0.05, 0) is 25.0 Å². The standard InChI is InChI=1S/C14H18O2/c1-2-3-5-8-13(15)11-12-16-14-9-6-4-7-10-14/h1,4,6-7,9-10,13,15H,3,5,8,11-12H2. The monoisotopic (exact) mass is 218 g/mol. The van der Waals surface area contributed by atoms with Gasteiger partial charge in [-0.3, -0.25) is 0 Å². The first-order valence-electron chi connectivity index (χ1n) is 5.62. The van der Waals surface area contributed by atoms with E-state index in [0.29, 0.717) is 13.0 Å². The molecule has 0 saturated heterocycles. The summed E-state index contributed by atoms with van der Waals surface area (Å²) in [5.41, 5.74) is 0. The first-order chi connectivity index (χ1) is 7.83. The predicted molar refractivity (Wildman–Crippen MR) is 65.2 cm³/mol. The Kier molecular flexibility index (Phi) is 6.13. The minimum absolute atomic E-state index is 0.308. The van der Waals surface area contributed by atoms with Crippen molar-refractivity contribution in [2.75, 3.05) is 6.61 Å². The number of hydrogen-bond donors (Lipinski definition) is 1. The molecule has 0 aliphatic carbocycles. The number of aliphatic hydroxyl groups excluding tert-OH is 1. The number of aliphatic hydroxyl groups is 1. The summed E-state index contributed by atoms with van der Waals surface area (Å²) in [7, 11) is 0. The highest BCUT2D eigenvalue weighted by atomic mass is 16.5. The van der Waals surface area contributed by atoms with Crippen molar-refractivity contribution in [2.24, 2.45) is 0 Å². The fourth-order valence-electron chi connectivity index (χ4n) is 1.41. The number of ether oxygens (including phenoxy) is 1. The normalized spacial score (nSPS) is 11.8. The van der Waals surface area contributed by atoms with E-state index in [1.54, 1.807) is 0 Å². The Bertz CT molecular complexity index is 313. The van der Waals surface area contributed by atoms with E-state index in [4.69, 9.17) is 11.2 Å². The van der Waals surface area contributed by atoms with Crippen molar-refractivity contribution in [1.29, 1.82) is 0 Å². The van der Waals surface area contributed by atoms with Crippen LogP contribution in [0.3, 0.4) is 0 Å². The molecular formula is C14H18O2. The van der Waals surface area contributed by atoms with E-state index in [1.165, 1.54) is 0 Å². The van der Waals surface area contributed by atoms with Crippen LogP contribution in [-0.4, -0.2) is 17.8 Å². The number of benzene rings is 1. The Balaban J connectivity index is 2.09. The Morgan fingerprint density at radius 3 is 2.69 bits per heavy atom. The van der Waals surface area contributed by atoms with Gasteiger partial charge in [-0.1, -0.05) is 18.2 Å². The summed E-state index contributed by atoms with van der Waals surface area (Å²) in [6, 6.07) is 9.62. The molecule has 1 unspecified atom stereocenters. The molecule has 1 N–H and O–H groups in total. The van der Waals surface area contributed by atoms with E-state index in [9.17, 15) is 5.11 Å². The molecule has 0 heterocycles. The van der Waals surface area contributed by atoms with Crippen LogP contribution >= 0.6 is 0 Å². The van der Waals surface area contributed by atoms with E-state index in [-0.39, 0.29) is 6.10 Å². The molecule has 0 fully saturated rings. The first-order valence-corrected chi connectivity index (χ1v) is 5.62. The number of rotatable bonds is 7. The van der Waals surface area contributed by atoms with Crippen molar-refractivity contribution < 1.29 is 9.84 Å². The topological polar surface area (TPSA) is 29.5 Å². The highest BCUT2D eigenvalue weighted by molar-refractivity contribution is 5.20. The summed E-state index contributed by atoms with van der Waals surface area (Å²) in [5.74, 6) is 3.41. The molecule has 0 saturated carbocycles. The second kappa shape index (κ2) is 7.78.